The van der Waals surface area contributed by atoms with E-state index in [1.54, 1.807) is 7.11 Å². The van der Waals surface area contributed by atoms with Crippen molar-refractivity contribution in [1.82, 2.24) is 10.6 Å². The smallest absolute Gasteiger partial charge is 0.122 e. The molecule has 0 saturated carbocycles. The Labute approximate surface area is 157 Å². The first-order valence-electron chi connectivity index (χ1n) is 8.02. The number of methoxy groups -OCH3 is 1. The van der Waals surface area contributed by atoms with Crippen LogP contribution in [0, 0.1) is 0 Å². The van der Waals surface area contributed by atoms with Crippen LogP contribution in [0.3, 0.4) is 0 Å². The second kappa shape index (κ2) is 10.6. The first kappa shape index (κ1) is 20.8. The second-order valence-corrected chi connectivity index (χ2v) is 5.75. The molecule has 0 amide bonds. The van der Waals surface area contributed by atoms with Crippen molar-refractivity contribution in [2.24, 2.45) is 0 Å². The predicted molar refractivity (Wildman–Crippen MR) is 105 cm³/mol. The van der Waals surface area contributed by atoms with E-state index in [9.17, 15) is 0 Å². The summed E-state index contributed by atoms with van der Waals surface area (Å²) in [6.45, 7) is 2.05. The van der Waals surface area contributed by atoms with Gasteiger partial charge in [-0.05, 0) is 30.0 Å². The highest BCUT2D eigenvalue weighted by Crippen LogP contribution is 2.25. The van der Waals surface area contributed by atoms with Gasteiger partial charge in [0.1, 0.15) is 5.75 Å². The van der Waals surface area contributed by atoms with Crippen LogP contribution in [0.15, 0.2) is 54.6 Å². The van der Waals surface area contributed by atoms with E-state index in [4.69, 9.17) is 4.74 Å². The topological polar surface area (TPSA) is 33.3 Å². The SMILES string of the molecule is COc1ccccc1CCC1NCCNC1c1ccccc1.Cl.Cl. The Hall–Kier alpha value is -1.26. The van der Waals surface area contributed by atoms with Gasteiger partial charge in [-0.2, -0.15) is 0 Å². The summed E-state index contributed by atoms with van der Waals surface area (Å²) in [4.78, 5) is 0. The van der Waals surface area contributed by atoms with Crippen LogP contribution in [0.1, 0.15) is 23.6 Å². The van der Waals surface area contributed by atoms with Gasteiger partial charge in [-0.1, -0.05) is 48.5 Å². The molecule has 5 heteroatoms. The zero-order valence-electron chi connectivity index (χ0n) is 13.9. The summed E-state index contributed by atoms with van der Waals surface area (Å²) >= 11 is 0. The summed E-state index contributed by atoms with van der Waals surface area (Å²) in [5, 5.41) is 7.33. The molecule has 0 radical (unpaired) electrons. The molecule has 2 aromatic carbocycles. The van der Waals surface area contributed by atoms with Crippen molar-refractivity contribution in [3.05, 3.63) is 65.7 Å². The van der Waals surface area contributed by atoms with E-state index in [0.29, 0.717) is 12.1 Å². The van der Waals surface area contributed by atoms with Crippen LogP contribution < -0.4 is 15.4 Å². The quantitative estimate of drug-likeness (QED) is 0.842. The van der Waals surface area contributed by atoms with Crippen molar-refractivity contribution in [2.75, 3.05) is 20.2 Å². The highest BCUT2D eigenvalue weighted by Gasteiger charge is 2.25. The number of piperazine rings is 1. The van der Waals surface area contributed by atoms with E-state index in [1.165, 1.54) is 11.1 Å². The van der Waals surface area contributed by atoms with Crippen molar-refractivity contribution in [2.45, 2.75) is 24.9 Å². The fraction of sp³-hybridized carbons (Fsp3) is 0.368. The Morgan fingerprint density at radius 1 is 0.917 bits per heavy atom. The van der Waals surface area contributed by atoms with Gasteiger partial charge in [0, 0.05) is 25.2 Å². The molecule has 1 fully saturated rings. The molecule has 2 N–H and O–H groups in total. The summed E-state index contributed by atoms with van der Waals surface area (Å²) < 4.78 is 5.46. The Bertz CT molecular complexity index is 595. The largest absolute Gasteiger partial charge is 0.496 e. The number of halogens is 2. The normalized spacial score (nSPS) is 19.7. The molecule has 132 valence electrons. The molecule has 1 saturated heterocycles. The molecule has 0 spiro atoms. The van der Waals surface area contributed by atoms with Crippen LogP contribution in [0.25, 0.3) is 0 Å². The zero-order valence-corrected chi connectivity index (χ0v) is 15.5. The van der Waals surface area contributed by atoms with E-state index in [2.05, 4.69) is 53.1 Å². The molecule has 1 heterocycles. The van der Waals surface area contributed by atoms with Gasteiger partial charge in [0.05, 0.1) is 7.11 Å². The number of hydrogen-bond donors (Lipinski definition) is 2. The Morgan fingerprint density at radius 2 is 1.58 bits per heavy atom. The van der Waals surface area contributed by atoms with Crippen LogP contribution in [0.4, 0.5) is 0 Å². The molecule has 2 unspecified atom stereocenters. The van der Waals surface area contributed by atoms with E-state index < -0.39 is 0 Å². The number of hydrogen-bond acceptors (Lipinski definition) is 3. The molecule has 0 bridgehead atoms. The maximum Gasteiger partial charge on any atom is 0.122 e. The lowest BCUT2D eigenvalue weighted by Gasteiger charge is -2.34. The van der Waals surface area contributed by atoms with E-state index >= 15 is 0 Å². The third-order valence-corrected chi connectivity index (χ3v) is 4.37. The summed E-state index contributed by atoms with van der Waals surface area (Å²) in [6.07, 6.45) is 2.11. The molecular weight excluding hydrogens is 343 g/mol. The van der Waals surface area contributed by atoms with Crippen molar-refractivity contribution in [3.8, 4) is 5.75 Å². The number of rotatable bonds is 5. The molecule has 0 aliphatic carbocycles. The average Bonchev–Trinajstić information content (AvgIpc) is 2.61. The number of nitrogens with one attached hydrogen (secondary N) is 2. The third-order valence-electron chi connectivity index (χ3n) is 4.37. The van der Waals surface area contributed by atoms with Gasteiger partial charge in [0.15, 0.2) is 0 Å². The lowest BCUT2D eigenvalue weighted by molar-refractivity contribution is 0.311. The van der Waals surface area contributed by atoms with Crippen molar-refractivity contribution in [1.29, 1.82) is 0 Å². The Balaban J connectivity index is 0.00000144. The standard InChI is InChI=1S/C19H24N2O.2ClH/c1-22-18-10-6-5-7-15(18)11-12-17-19(21-14-13-20-17)16-8-3-2-4-9-16;;/h2-10,17,19-21H,11-14H2,1H3;2*1H. The minimum absolute atomic E-state index is 0. The maximum atomic E-state index is 5.46. The lowest BCUT2D eigenvalue weighted by Crippen LogP contribution is -2.50. The Morgan fingerprint density at radius 3 is 2.33 bits per heavy atom. The number of para-hydroxylation sites is 1. The summed E-state index contributed by atoms with van der Waals surface area (Å²) in [5.74, 6) is 0.988. The van der Waals surface area contributed by atoms with Gasteiger partial charge in [-0.25, -0.2) is 0 Å². The van der Waals surface area contributed by atoms with Gasteiger partial charge in [0.2, 0.25) is 0 Å². The number of benzene rings is 2. The van der Waals surface area contributed by atoms with Crippen molar-refractivity contribution in [3.63, 3.8) is 0 Å². The highest BCUT2D eigenvalue weighted by molar-refractivity contribution is 5.85. The fourth-order valence-corrected chi connectivity index (χ4v) is 3.25. The van der Waals surface area contributed by atoms with Crippen LogP contribution in [-0.4, -0.2) is 26.2 Å². The van der Waals surface area contributed by atoms with Gasteiger partial charge in [0.25, 0.3) is 0 Å². The molecule has 3 nitrogen and oxygen atoms in total. The third kappa shape index (κ3) is 5.12. The molecule has 1 aliphatic rings. The predicted octanol–water partition coefficient (Wildman–Crippen LogP) is 3.77. The zero-order chi connectivity index (χ0) is 15.2. The maximum absolute atomic E-state index is 5.46. The first-order chi connectivity index (χ1) is 10.9. The Kier molecular flexibility index (Phi) is 9.16. The second-order valence-electron chi connectivity index (χ2n) is 5.75. The first-order valence-corrected chi connectivity index (χ1v) is 8.02. The summed E-state index contributed by atoms with van der Waals surface area (Å²) in [5.41, 5.74) is 2.64. The highest BCUT2D eigenvalue weighted by atomic mass is 35.5. The average molecular weight is 369 g/mol. The molecule has 3 rings (SSSR count). The molecule has 24 heavy (non-hydrogen) atoms. The van der Waals surface area contributed by atoms with Gasteiger partial charge >= 0.3 is 0 Å². The molecule has 0 aromatic heterocycles. The van der Waals surface area contributed by atoms with Gasteiger partial charge < -0.3 is 15.4 Å². The molecular formula is C19H26Cl2N2O. The van der Waals surface area contributed by atoms with E-state index in [0.717, 1.165) is 31.7 Å². The minimum Gasteiger partial charge on any atom is -0.496 e. The van der Waals surface area contributed by atoms with Crippen LogP contribution >= 0.6 is 24.8 Å². The number of aryl methyl sites for hydroxylation is 1. The van der Waals surface area contributed by atoms with Crippen LogP contribution in [0.5, 0.6) is 5.75 Å². The van der Waals surface area contributed by atoms with Gasteiger partial charge in [-0.15, -0.1) is 24.8 Å². The van der Waals surface area contributed by atoms with Crippen molar-refractivity contribution < 1.29 is 4.74 Å². The van der Waals surface area contributed by atoms with E-state index in [-0.39, 0.29) is 24.8 Å². The molecule has 2 aromatic rings. The molecule has 1 aliphatic heterocycles. The van der Waals surface area contributed by atoms with Crippen LogP contribution in [0.2, 0.25) is 0 Å². The monoisotopic (exact) mass is 368 g/mol. The number of ether oxygens (including phenoxy) is 1. The van der Waals surface area contributed by atoms with Gasteiger partial charge in [-0.3, -0.25) is 0 Å². The van der Waals surface area contributed by atoms with E-state index in [1.807, 2.05) is 12.1 Å². The minimum atomic E-state index is 0. The van der Waals surface area contributed by atoms with Crippen molar-refractivity contribution >= 4 is 24.8 Å². The fourth-order valence-electron chi connectivity index (χ4n) is 3.25. The summed E-state index contributed by atoms with van der Waals surface area (Å²) in [7, 11) is 1.74. The lowest BCUT2D eigenvalue weighted by atomic mass is 9.92. The van der Waals surface area contributed by atoms with Crippen LogP contribution in [-0.2, 0) is 6.42 Å². The summed E-state index contributed by atoms with van der Waals surface area (Å²) in [6, 6.07) is 19.8. The molecule has 2 atom stereocenters.